The van der Waals surface area contributed by atoms with Gasteiger partial charge < -0.3 is 9.80 Å². The fraction of sp³-hybridized carbons (Fsp3) is 0.941. The summed E-state index contributed by atoms with van der Waals surface area (Å²) in [5.41, 5.74) is 0. The third-order valence-electron chi connectivity index (χ3n) is 5.93. The number of fused-ring (bicyclic) bond motifs is 1. The van der Waals surface area contributed by atoms with E-state index in [2.05, 4.69) is 23.8 Å². The smallest absolute Gasteiger partial charge is 0.137 e. The van der Waals surface area contributed by atoms with Crippen molar-refractivity contribution in [3.05, 3.63) is 0 Å². The summed E-state index contributed by atoms with van der Waals surface area (Å²) in [4.78, 5) is 17.3. The molecule has 0 spiro atoms. The highest BCUT2D eigenvalue weighted by molar-refractivity contribution is 5.81. The molecule has 4 unspecified atom stereocenters. The first-order valence-corrected chi connectivity index (χ1v) is 8.59. The third-order valence-corrected chi connectivity index (χ3v) is 5.93. The molecule has 1 saturated carbocycles. The van der Waals surface area contributed by atoms with Crippen LogP contribution in [0, 0.1) is 17.8 Å². The number of hydrogen-bond donors (Lipinski definition) is 0. The molecule has 3 aliphatic rings. The molecule has 3 rings (SSSR count). The molecule has 3 heteroatoms. The van der Waals surface area contributed by atoms with Crippen LogP contribution in [0.2, 0.25) is 0 Å². The number of ketones is 1. The molecular formula is C17H30N2O. The second kappa shape index (κ2) is 6.15. The average Bonchev–Trinajstić information content (AvgIpc) is 2.43. The van der Waals surface area contributed by atoms with Crippen LogP contribution in [0.5, 0.6) is 0 Å². The van der Waals surface area contributed by atoms with Crippen LogP contribution in [0.4, 0.5) is 0 Å². The Morgan fingerprint density at radius 2 is 2.05 bits per heavy atom. The van der Waals surface area contributed by atoms with Gasteiger partial charge in [-0.3, -0.25) is 4.79 Å². The van der Waals surface area contributed by atoms with Gasteiger partial charge in [-0.1, -0.05) is 6.92 Å². The van der Waals surface area contributed by atoms with Gasteiger partial charge in [-0.2, -0.15) is 0 Å². The van der Waals surface area contributed by atoms with E-state index in [0.29, 0.717) is 11.7 Å². The number of Topliss-reactive ketones (excluding diaryl/α,β-unsaturated/α-hetero) is 1. The standard InChI is InChI=1S/C17H30N2O/c1-13-5-6-17(20)15(10-13)12-19-9-7-16-14(11-19)4-3-8-18(16)2/h13-16H,3-12H2,1-2H3. The minimum atomic E-state index is 0.330. The van der Waals surface area contributed by atoms with E-state index in [-0.39, 0.29) is 0 Å². The number of rotatable bonds is 2. The van der Waals surface area contributed by atoms with E-state index < -0.39 is 0 Å². The molecule has 3 nitrogen and oxygen atoms in total. The molecule has 0 aromatic carbocycles. The van der Waals surface area contributed by atoms with Crippen molar-refractivity contribution in [2.75, 3.05) is 33.2 Å². The molecule has 0 aromatic heterocycles. The molecule has 2 saturated heterocycles. The van der Waals surface area contributed by atoms with Crippen molar-refractivity contribution >= 4 is 5.78 Å². The molecule has 0 amide bonds. The maximum atomic E-state index is 12.1. The molecule has 20 heavy (non-hydrogen) atoms. The lowest BCUT2D eigenvalue weighted by molar-refractivity contribution is -0.126. The van der Waals surface area contributed by atoms with Crippen molar-refractivity contribution < 1.29 is 4.79 Å². The van der Waals surface area contributed by atoms with Crippen LogP contribution >= 0.6 is 0 Å². The van der Waals surface area contributed by atoms with Gasteiger partial charge in [0, 0.05) is 31.5 Å². The van der Waals surface area contributed by atoms with Gasteiger partial charge in [0.05, 0.1) is 0 Å². The predicted octanol–water partition coefficient (Wildman–Crippen LogP) is 2.41. The van der Waals surface area contributed by atoms with Crippen molar-refractivity contribution in [1.82, 2.24) is 9.80 Å². The first kappa shape index (κ1) is 14.5. The molecule has 1 aliphatic carbocycles. The Kier molecular flexibility index (Phi) is 4.46. The maximum Gasteiger partial charge on any atom is 0.137 e. The summed E-state index contributed by atoms with van der Waals surface area (Å²) in [5.74, 6) is 2.46. The number of likely N-dealkylation sites (tertiary alicyclic amines) is 2. The topological polar surface area (TPSA) is 23.6 Å². The molecule has 2 aliphatic heterocycles. The summed E-state index contributed by atoms with van der Waals surface area (Å²) in [6.07, 6.45) is 7.12. The summed E-state index contributed by atoms with van der Waals surface area (Å²) in [6, 6.07) is 0.806. The number of nitrogens with zero attached hydrogens (tertiary/aromatic N) is 2. The highest BCUT2D eigenvalue weighted by Crippen LogP contribution is 2.32. The zero-order chi connectivity index (χ0) is 14.1. The highest BCUT2D eigenvalue weighted by Gasteiger charge is 2.36. The van der Waals surface area contributed by atoms with Gasteiger partial charge in [0.25, 0.3) is 0 Å². The molecule has 114 valence electrons. The largest absolute Gasteiger partial charge is 0.303 e. The van der Waals surface area contributed by atoms with E-state index in [9.17, 15) is 4.79 Å². The lowest BCUT2D eigenvalue weighted by Gasteiger charge is -2.46. The lowest BCUT2D eigenvalue weighted by atomic mass is 9.80. The van der Waals surface area contributed by atoms with Gasteiger partial charge in [-0.05, 0) is 64.1 Å². The normalized spacial score (nSPS) is 40.6. The van der Waals surface area contributed by atoms with Crippen LogP contribution in [0.1, 0.15) is 45.4 Å². The summed E-state index contributed by atoms with van der Waals surface area (Å²) >= 11 is 0. The van der Waals surface area contributed by atoms with Crippen molar-refractivity contribution in [1.29, 1.82) is 0 Å². The van der Waals surface area contributed by atoms with E-state index in [1.54, 1.807) is 0 Å². The van der Waals surface area contributed by atoms with Crippen LogP contribution < -0.4 is 0 Å². The Bertz CT molecular complexity index is 357. The highest BCUT2D eigenvalue weighted by atomic mass is 16.1. The van der Waals surface area contributed by atoms with Crippen molar-refractivity contribution in [2.45, 2.75) is 51.5 Å². The summed E-state index contributed by atoms with van der Waals surface area (Å²) in [7, 11) is 2.29. The van der Waals surface area contributed by atoms with Crippen molar-refractivity contribution in [2.24, 2.45) is 17.8 Å². The Balaban J connectivity index is 1.55. The quantitative estimate of drug-likeness (QED) is 0.775. The van der Waals surface area contributed by atoms with Gasteiger partial charge in [0.1, 0.15) is 5.78 Å². The van der Waals surface area contributed by atoms with E-state index >= 15 is 0 Å². The van der Waals surface area contributed by atoms with Crippen LogP contribution in [-0.4, -0.2) is 54.9 Å². The number of piperidine rings is 2. The summed E-state index contributed by atoms with van der Waals surface area (Å²) in [6.45, 7) is 7.05. The fourth-order valence-corrected chi connectivity index (χ4v) is 4.71. The number of carbonyl (C=O) groups excluding carboxylic acids is 1. The molecule has 0 radical (unpaired) electrons. The molecule has 0 N–H and O–H groups in total. The number of hydrogen-bond acceptors (Lipinski definition) is 3. The second-order valence-electron chi connectivity index (χ2n) is 7.54. The van der Waals surface area contributed by atoms with Gasteiger partial charge >= 0.3 is 0 Å². The zero-order valence-electron chi connectivity index (χ0n) is 13.2. The Morgan fingerprint density at radius 1 is 1.20 bits per heavy atom. The van der Waals surface area contributed by atoms with Gasteiger partial charge in [0.2, 0.25) is 0 Å². The van der Waals surface area contributed by atoms with E-state index in [1.165, 1.54) is 38.9 Å². The van der Waals surface area contributed by atoms with Crippen LogP contribution in [-0.2, 0) is 4.79 Å². The third kappa shape index (κ3) is 3.09. The zero-order valence-corrected chi connectivity index (χ0v) is 13.2. The molecule has 2 heterocycles. The number of carbonyl (C=O) groups is 1. The Hall–Kier alpha value is -0.410. The molecule has 0 bridgehead atoms. The van der Waals surface area contributed by atoms with E-state index in [4.69, 9.17) is 0 Å². The first-order chi connectivity index (χ1) is 9.63. The molecule has 4 atom stereocenters. The SMILES string of the molecule is CC1CCC(=O)C(CN2CCC3C(CCCN3C)C2)C1. The molecule has 0 aromatic rings. The van der Waals surface area contributed by atoms with Crippen LogP contribution in [0.3, 0.4) is 0 Å². The Labute approximate surface area is 123 Å². The maximum absolute atomic E-state index is 12.1. The average molecular weight is 278 g/mol. The Morgan fingerprint density at radius 3 is 2.90 bits per heavy atom. The van der Waals surface area contributed by atoms with Crippen molar-refractivity contribution in [3.63, 3.8) is 0 Å². The van der Waals surface area contributed by atoms with Gasteiger partial charge in [0.15, 0.2) is 0 Å². The van der Waals surface area contributed by atoms with Gasteiger partial charge in [-0.25, -0.2) is 0 Å². The molecule has 3 fully saturated rings. The summed E-state index contributed by atoms with van der Waals surface area (Å²) < 4.78 is 0. The monoisotopic (exact) mass is 278 g/mol. The predicted molar refractivity (Wildman–Crippen MR) is 81.7 cm³/mol. The van der Waals surface area contributed by atoms with E-state index in [1.807, 2.05) is 0 Å². The fourth-order valence-electron chi connectivity index (χ4n) is 4.71. The lowest BCUT2D eigenvalue weighted by Crippen LogP contribution is -2.53. The van der Waals surface area contributed by atoms with Gasteiger partial charge in [-0.15, -0.1) is 0 Å². The first-order valence-electron chi connectivity index (χ1n) is 8.59. The summed E-state index contributed by atoms with van der Waals surface area (Å²) in [5, 5.41) is 0. The molecular weight excluding hydrogens is 248 g/mol. The van der Waals surface area contributed by atoms with Crippen LogP contribution in [0.15, 0.2) is 0 Å². The minimum Gasteiger partial charge on any atom is -0.303 e. The van der Waals surface area contributed by atoms with E-state index in [0.717, 1.165) is 43.7 Å². The van der Waals surface area contributed by atoms with Crippen LogP contribution in [0.25, 0.3) is 0 Å². The second-order valence-corrected chi connectivity index (χ2v) is 7.54. The van der Waals surface area contributed by atoms with Crippen molar-refractivity contribution in [3.8, 4) is 0 Å². The minimum absolute atomic E-state index is 0.330.